The minimum absolute atomic E-state index is 0. The van der Waals surface area contributed by atoms with Crippen LogP contribution in [0.25, 0.3) is 34.7 Å². The van der Waals surface area contributed by atoms with E-state index in [1.165, 1.54) is 86.9 Å². The van der Waals surface area contributed by atoms with Crippen molar-refractivity contribution in [2.45, 2.75) is 89.6 Å². The Bertz CT molecular complexity index is 2430. The van der Waals surface area contributed by atoms with Gasteiger partial charge in [0.05, 0.1) is 59.7 Å². The molecule has 0 aliphatic heterocycles. The second-order valence-electron chi connectivity index (χ2n) is 15.9. The summed E-state index contributed by atoms with van der Waals surface area (Å²) in [5, 5.41) is 61.1. The van der Waals surface area contributed by atoms with Crippen molar-refractivity contribution in [3.05, 3.63) is 94.8 Å². The monoisotopic (exact) mass is 1000 g/mol. The van der Waals surface area contributed by atoms with Crippen LogP contribution in [0.5, 0.6) is 0 Å². The average molecular weight is 1000 g/mol. The number of carboxylic acid groups (broad SMARTS) is 2. The van der Waals surface area contributed by atoms with Crippen LogP contribution in [-0.2, 0) is 29.6 Å². The summed E-state index contributed by atoms with van der Waals surface area (Å²) >= 11 is 0. The SMILES string of the molecule is CC(C)c1nc(N(C)S(C)(=O)=O)nc(-c2ccc(F)cc2)c1/C=C/C(O)CC(O)CC(=O)[O-].CC(C)c1nc(N(C)S(C)(=O)=O)nc(-c2ccc(F)cc2)c1/C=C/[C@@H](O)C[C@@H](O)CC(=O)[O-].[Ca+2]. The first-order chi connectivity index (χ1) is 30.6. The number of hydrogen-bond donors (Lipinski definition) is 4. The molecule has 0 saturated carbocycles. The molecule has 0 bridgehead atoms. The van der Waals surface area contributed by atoms with Crippen LogP contribution in [0.3, 0.4) is 0 Å². The van der Waals surface area contributed by atoms with E-state index >= 15 is 0 Å². The van der Waals surface area contributed by atoms with Crippen molar-refractivity contribution in [3.63, 3.8) is 0 Å². The molecule has 4 N–H and O–H groups in total. The molecule has 0 aliphatic rings. The third-order valence-corrected chi connectivity index (χ3v) is 11.9. The number of carboxylic acids is 2. The molecule has 67 heavy (non-hydrogen) atoms. The van der Waals surface area contributed by atoms with Crippen LogP contribution in [0.1, 0.15) is 87.7 Å². The summed E-state index contributed by atoms with van der Waals surface area (Å²) in [6, 6.07) is 10.9. The molecule has 4 aromatic rings. The van der Waals surface area contributed by atoms with Crippen LogP contribution in [0.4, 0.5) is 20.7 Å². The number of halogens is 2. The molecule has 2 aromatic carbocycles. The molecule has 0 amide bonds. The number of carbonyl (C=O) groups excluding carboxylic acids is 2. The Hall–Kier alpha value is -4.52. The molecule has 2 heterocycles. The van der Waals surface area contributed by atoms with Gasteiger partial charge in [0, 0.05) is 74.0 Å². The number of aliphatic hydroxyl groups is 4. The maximum absolute atomic E-state index is 13.5. The number of aromatic nitrogens is 4. The van der Waals surface area contributed by atoms with E-state index in [2.05, 4.69) is 19.9 Å². The van der Waals surface area contributed by atoms with Crippen molar-refractivity contribution in [3.8, 4) is 22.5 Å². The van der Waals surface area contributed by atoms with E-state index < -0.39 is 80.9 Å². The van der Waals surface area contributed by atoms with Gasteiger partial charge in [-0.1, -0.05) is 52.0 Å². The van der Waals surface area contributed by atoms with Crippen molar-refractivity contribution in [2.75, 3.05) is 35.2 Å². The molecular weight excluding hydrogens is 947 g/mol. The summed E-state index contributed by atoms with van der Waals surface area (Å²) in [5.41, 5.74) is 3.52. The average Bonchev–Trinajstić information content (AvgIpc) is 3.20. The fraction of sp³-hybridized carbons (Fsp3) is 0.409. The minimum atomic E-state index is -3.66. The number of carbonyl (C=O) groups is 2. The van der Waals surface area contributed by atoms with Crippen molar-refractivity contribution in [2.24, 2.45) is 0 Å². The summed E-state index contributed by atoms with van der Waals surface area (Å²) in [7, 11) is -4.67. The number of hydrogen-bond acceptors (Lipinski definition) is 16. The Morgan fingerprint density at radius 1 is 0.612 bits per heavy atom. The zero-order chi connectivity index (χ0) is 49.8. The molecule has 18 nitrogen and oxygen atoms in total. The second-order valence-corrected chi connectivity index (χ2v) is 19.9. The predicted molar refractivity (Wildman–Crippen MR) is 246 cm³/mol. The summed E-state index contributed by atoms with van der Waals surface area (Å²) in [6.07, 6.45) is 1.16. The Kier molecular flexibility index (Phi) is 22.5. The van der Waals surface area contributed by atoms with Crippen LogP contribution in [0.15, 0.2) is 60.7 Å². The number of rotatable bonds is 20. The molecule has 4 atom stereocenters. The van der Waals surface area contributed by atoms with Crippen molar-refractivity contribution in [1.82, 2.24) is 19.9 Å². The van der Waals surface area contributed by atoms with Crippen molar-refractivity contribution < 1.29 is 65.8 Å². The number of anilines is 2. The molecule has 4 rings (SSSR count). The van der Waals surface area contributed by atoms with E-state index in [0.29, 0.717) is 45.0 Å². The molecule has 360 valence electrons. The third-order valence-electron chi connectivity index (χ3n) is 9.62. The van der Waals surface area contributed by atoms with Crippen molar-refractivity contribution in [1.29, 1.82) is 0 Å². The Labute approximate surface area is 418 Å². The largest absolute Gasteiger partial charge is 2.00 e. The number of benzene rings is 2. The summed E-state index contributed by atoms with van der Waals surface area (Å²) < 4.78 is 77.1. The molecule has 23 heteroatoms. The minimum Gasteiger partial charge on any atom is -0.550 e. The Morgan fingerprint density at radius 2 is 0.910 bits per heavy atom. The zero-order valence-electron chi connectivity index (χ0n) is 38.2. The van der Waals surface area contributed by atoms with Crippen molar-refractivity contribution >= 4 is 93.8 Å². The van der Waals surface area contributed by atoms with Gasteiger partial charge in [-0.15, -0.1) is 0 Å². The first kappa shape index (κ1) is 58.6. The van der Waals surface area contributed by atoms with E-state index in [9.17, 15) is 65.8 Å². The molecule has 0 spiro atoms. The van der Waals surface area contributed by atoms with E-state index in [-0.39, 0.29) is 74.3 Å². The summed E-state index contributed by atoms with van der Waals surface area (Å²) in [6.45, 7) is 7.38. The molecule has 0 radical (unpaired) electrons. The Balaban J connectivity index is 0.000000453. The number of aliphatic hydroxyl groups excluding tert-OH is 4. The summed E-state index contributed by atoms with van der Waals surface area (Å²) in [4.78, 5) is 38.9. The van der Waals surface area contributed by atoms with Gasteiger partial charge in [-0.3, -0.25) is 0 Å². The predicted octanol–water partition coefficient (Wildman–Crippen LogP) is 1.75. The standard InChI is InChI=1S/2C22H28FN3O6S.Ca/c2*1-13(2)20-18(10-9-16(27)11-17(28)12-19(29)30)21(14-5-7-15(23)8-6-14)25-22(24-20)26(3)33(4,31)32;/h2*5-10,13,16-17,27-28H,11-12H2,1-4H3,(H,29,30);/q;;+2/p-2/b2*10-9+;/t16-,17-;;/m1../s1. The van der Waals surface area contributed by atoms with Gasteiger partial charge in [-0.2, -0.15) is 0 Å². The van der Waals surface area contributed by atoms with Gasteiger partial charge in [0.25, 0.3) is 0 Å². The number of nitrogens with zero attached hydrogens (tertiary/aromatic N) is 6. The fourth-order valence-corrected chi connectivity index (χ4v) is 6.83. The quantitative estimate of drug-likeness (QED) is 0.0918. The molecule has 2 unspecified atom stereocenters. The first-order valence-electron chi connectivity index (χ1n) is 20.3. The van der Waals surface area contributed by atoms with Gasteiger partial charge in [0.15, 0.2) is 0 Å². The smallest absolute Gasteiger partial charge is 0.550 e. The molecule has 2 aromatic heterocycles. The van der Waals surface area contributed by atoms with Crippen LogP contribution in [-0.4, -0.2) is 158 Å². The molecular formula is C44H54CaF2N6O12S2. The molecule has 0 saturated heterocycles. The van der Waals surface area contributed by atoms with Crippen LogP contribution < -0.4 is 18.8 Å². The number of sulfonamides is 2. The second kappa shape index (κ2) is 25.7. The first-order valence-corrected chi connectivity index (χ1v) is 24.0. The fourth-order valence-electron chi connectivity index (χ4n) is 6.07. The van der Waals surface area contributed by atoms with Crippen LogP contribution in [0, 0.1) is 11.6 Å². The van der Waals surface area contributed by atoms with Crippen LogP contribution in [0.2, 0.25) is 0 Å². The van der Waals surface area contributed by atoms with Gasteiger partial charge in [-0.25, -0.2) is 54.2 Å². The maximum atomic E-state index is 13.5. The number of aliphatic carboxylic acids is 2. The van der Waals surface area contributed by atoms with E-state index in [1.54, 1.807) is 0 Å². The zero-order valence-corrected chi connectivity index (χ0v) is 42.1. The van der Waals surface area contributed by atoms with Gasteiger partial charge in [0.2, 0.25) is 31.9 Å². The van der Waals surface area contributed by atoms with E-state index in [0.717, 1.165) is 21.1 Å². The maximum Gasteiger partial charge on any atom is 2.00 e. The topological polar surface area (TPSA) is 287 Å². The normalized spacial score (nSPS) is 13.7. The van der Waals surface area contributed by atoms with E-state index in [1.807, 2.05) is 27.7 Å². The Morgan fingerprint density at radius 3 is 1.16 bits per heavy atom. The molecule has 0 aliphatic carbocycles. The van der Waals surface area contributed by atoms with Gasteiger partial charge < -0.3 is 40.2 Å². The third kappa shape index (κ3) is 18.1. The summed E-state index contributed by atoms with van der Waals surface area (Å²) in [5.74, 6) is -4.28. The van der Waals surface area contributed by atoms with E-state index in [4.69, 9.17) is 0 Å². The van der Waals surface area contributed by atoms with Gasteiger partial charge in [-0.05, 0) is 60.4 Å². The molecule has 0 fully saturated rings. The van der Waals surface area contributed by atoms with Gasteiger partial charge >= 0.3 is 37.7 Å². The van der Waals surface area contributed by atoms with Gasteiger partial charge in [0.1, 0.15) is 11.6 Å². The van der Waals surface area contributed by atoms with Crippen LogP contribution >= 0.6 is 0 Å².